The molecule has 0 aromatic heterocycles. The van der Waals surface area contributed by atoms with Gasteiger partial charge in [-0.05, 0) is 40.7 Å². The van der Waals surface area contributed by atoms with Gasteiger partial charge in [-0.3, -0.25) is 0 Å². The van der Waals surface area contributed by atoms with E-state index in [-0.39, 0.29) is 12.1 Å². The number of amides is 2. The second-order valence-corrected chi connectivity index (χ2v) is 8.83. The summed E-state index contributed by atoms with van der Waals surface area (Å²) in [6, 6.07) is 26.7. The molecule has 0 fully saturated rings. The van der Waals surface area contributed by atoms with E-state index in [0.717, 1.165) is 28.1 Å². The van der Waals surface area contributed by atoms with Crippen LogP contribution < -0.4 is 15.5 Å². The highest BCUT2D eigenvalue weighted by atomic mass is 16.2. The van der Waals surface area contributed by atoms with Gasteiger partial charge in [0, 0.05) is 25.0 Å². The maximum atomic E-state index is 13.0. The molecule has 0 spiro atoms. The zero-order valence-electron chi connectivity index (χ0n) is 19.8. The monoisotopic (exact) mass is 429 g/mol. The van der Waals surface area contributed by atoms with Crippen molar-refractivity contribution < 1.29 is 4.79 Å². The Balaban J connectivity index is 1.79. The van der Waals surface area contributed by atoms with E-state index in [0.29, 0.717) is 18.4 Å². The van der Waals surface area contributed by atoms with Crippen molar-refractivity contribution in [1.82, 2.24) is 5.32 Å². The molecule has 168 valence electrons. The molecule has 2 N–H and O–H groups in total. The molecule has 3 aromatic carbocycles. The number of urea groups is 1. The quantitative estimate of drug-likeness (QED) is 0.408. The zero-order valence-corrected chi connectivity index (χ0v) is 19.8. The minimum absolute atomic E-state index is 0.00858. The summed E-state index contributed by atoms with van der Waals surface area (Å²) in [5, 5.41) is 6.28. The van der Waals surface area contributed by atoms with Crippen molar-refractivity contribution >= 4 is 17.4 Å². The van der Waals surface area contributed by atoms with Gasteiger partial charge in [0.15, 0.2) is 0 Å². The Bertz CT molecular complexity index is 973. The summed E-state index contributed by atoms with van der Waals surface area (Å²) in [4.78, 5) is 15.2. The van der Waals surface area contributed by atoms with Gasteiger partial charge in [-0.1, -0.05) is 94.4 Å². The average Bonchev–Trinajstić information content (AvgIpc) is 2.80. The van der Waals surface area contributed by atoms with Gasteiger partial charge in [0.1, 0.15) is 0 Å². The van der Waals surface area contributed by atoms with Crippen LogP contribution in [0.15, 0.2) is 78.9 Å². The van der Waals surface area contributed by atoms with Gasteiger partial charge in [0.05, 0.1) is 6.04 Å². The van der Waals surface area contributed by atoms with Gasteiger partial charge in [-0.2, -0.15) is 0 Å². The standard InChI is InChI=1S/C28H35N3O/c1-20(2)24-17-12-18-25(21(3)4)27(24)30-28(32)29-19-26(22-13-8-6-9-14-22)31(5)23-15-10-7-11-16-23/h6-18,20-21,26H,19H2,1-5H3,(H2,29,30,32). The fraction of sp³-hybridized carbons (Fsp3) is 0.321. The number of nitrogens with zero attached hydrogens (tertiary/aromatic N) is 1. The van der Waals surface area contributed by atoms with E-state index in [9.17, 15) is 4.79 Å². The number of nitrogens with one attached hydrogen (secondary N) is 2. The van der Waals surface area contributed by atoms with Gasteiger partial charge in [-0.25, -0.2) is 4.79 Å². The fourth-order valence-electron chi connectivity index (χ4n) is 4.04. The topological polar surface area (TPSA) is 44.4 Å². The molecular weight excluding hydrogens is 394 g/mol. The number of hydrogen-bond donors (Lipinski definition) is 2. The smallest absolute Gasteiger partial charge is 0.319 e. The van der Waals surface area contributed by atoms with E-state index in [1.54, 1.807) is 0 Å². The van der Waals surface area contributed by atoms with Crippen molar-refractivity contribution in [2.24, 2.45) is 0 Å². The highest BCUT2D eigenvalue weighted by molar-refractivity contribution is 5.91. The van der Waals surface area contributed by atoms with Crippen LogP contribution in [0.3, 0.4) is 0 Å². The Labute approximate surface area is 192 Å². The molecule has 32 heavy (non-hydrogen) atoms. The van der Waals surface area contributed by atoms with E-state index in [4.69, 9.17) is 0 Å². The predicted octanol–water partition coefficient (Wildman–Crippen LogP) is 6.93. The van der Waals surface area contributed by atoms with Crippen LogP contribution in [0.1, 0.15) is 62.3 Å². The highest BCUT2D eigenvalue weighted by Gasteiger charge is 2.20. The Morgan fingerprint density at radius 2 is 1.31 bits per heavy atom. The van der Waals surface area contributed by atoms with Gasteiger partial charge in [-0.15, -0.1) is 0 Å². The lowest BCUT2D eigenvalue weighted by Gasteiger charge is -2.31. The van der Waals surface area contributed by atoms with Gasteiger partial charge in [0.2, 0.25) is 0 Å². The first kappa shape index (κ1) is 23.4. The SMILES string of the molecule is CC(C)c1cccc(C(C)C)c1NC(=O)NCC(c1ccccc1)N(C)c1ccccc1. The van der Waals surface area contributed by atoms with Crippen LogP contribution in [0.25, 0.3) is 0 Å². The van der Waals surface area contributed by atoms with Gasteiger partial charge in [0.25, 0.3) is 0 Å². The maximum absolute atomic E-state index is 13.0. The van der Waals surface area contributed by atoms with E-state index in [2.05, 4.69) is 92.7 Å². The number of likely N-dealkylation sites (N-methyl/N-ethyl adjacent to an activating group) is 1. The summed E-state index contributed by atoms with van der Waals surface area (Å²) in [7, 11) is 2.07. The van der Waals surface area contributed by atoms with Gasteiger partial charge < -0.3 is 15.5 Å². The molecule has 3 rings (SSSR count). The number of rotatable bonds is 8. The number of benzene rings is 3. The number of carbonyl (C=O) groups is 1. The Morgan fingerprint density at radius 1 is 0.781 bits per heavy atom. The minimum atomic E-state index is -0.178. The van der Waals surface area contributed by atoms with Crippen LogP contribution in [0.4, 0.5) is 16.2 Å². The number of carbonyl (C=O) groups excluding carboxylic acids is 1. The predicted molar refractivity (Wildman–Crippen MR) is 136 cm³/mol. The third-order valence-electron chi connectivity index (χ3n) is 5.88. The Kier molecular flexibility index (Phi) is 7.93. The van der Waals surface area contributed by atoms with Crippen LogP contribution in [0.2, 0.25) is 0 Å². The molecule has 3 aromatic rings. The second kappa shape index (κ2) is 10.9. The molecule has 0 heterocycles. The molecule has 0 bridgehead atoms. The third kappa shape index (κ3) is 5.70. The Hall–Kier alpha value is -3.27. The second-order valence-electron chi connectivity index (χ2n) is 8.83. The van der Waals surface area contributed by atoms with Crippen LogP contribution in [0.5, 0.6) is 0 Å². The van der Waals surface area contributed by atoms with Crippen molar-refractivity contribution in [2.75, 3.05) is 23.8 Å². The summed E-state index contributed by atoms with van der Waals surface area (Å²) in [5.41, 5.74) is 5.52. The number of anilines is 2. The van der Waals surface area contributed by atoms with Crippen LogP contribution >= 0.6 is 0 Å². The molecule has 4 nitrogen and oxygen atoms in total. The van der Waals surface area contributed by atoms with Crippen molar-refractivity contribution in [3.63, 3.8) is 0 Å². The molecule has 0 radical (unpaired) electrons. The largest absolute Gasteiger partial charge is 0.366 e. The first-order chi connectivity index (χ1) is 15.4. The summed E-state index contributed by atoms with van der Waals surface area (Å²) < 4.78 is 0. The van der Waals surface area contributed by atoms with Crippen LogP contribution in [-0.2, 0) is 0 Å². The van der Waals surface area contributed by atoms with Crippen LogP contribution in [0, 0.1) is 0 Å². The molecule has 2 amide bonds. The van der Waals surface area contributed by atoms with Gasteiger partial charge >= 0.3 is 6.03 Å². The summed E-state index contributed by atoms with van der Waals surface area (Å²) >= 11 is 0. The maximum Gasteiger partial charge on any atom is 0.319 e. The summed E-state index contributed by atoms with van der Waals surface area (Å²) in [6.45, 7) is 9.11. The van der Waals surface area contributed by atoms with E-state index in [1.807, 2.05) is 36.4 Å². The molecule has 1 unspecified atom stereocenters. The summed E-state index contributed by atoms with van der Waals surface area (Å²) in [6.07, 6.45) is 0. The minimum Gasteiger partial charge on any atom is -0.366 e. The first-order valence-electron chi connectivity index (χ1n) is 11.4. The molecule has 0 saturated carbocycles. The third-order valence-corrected chi connectivity index (χ3v) is 5.88. The molecule has 0 saturated heterocycles. The average molecular weight is 430 g/mol. The van der Waals surface area contributed by atoms with E-state index < -0.39 is 0 Å². The molecule has 0 aliphatic heterocycles. The van der Waals surface area contributed by atoms with Crippen molar-refractivity contribution in [2.45, 2.75) is 45.6 Å². The molecular formula is C28H35N3O. The van der Waals surface area contributed by atoms with Crippen molar-refractivity contribution in [1.29, 1.82) is 0 Å². The lowest BCUT2D eigenvalue weighted by atomic mass is 9.93. The molecule has 4 heteroatoms. The molecule has 0 aliphatic rings. The number of hydrogen-bond acceptors (Lipinski definition) is 2. The highest BCUT2D eigenvalue weighted by Crippen LogP contribution is 2.32. The molecule has 1 atom stereocenters. The van der Waals surface area contributed by atoms with Crippen molar-refractivity contribution in [3.05, 3.63) is 95.6 Å². The lowest BCUT2D eigenvalue weighted by molar-refractivity contribution is 0.251. The normalized spacial score (nSPS) is 12.0. The molecule has 0 aliphatic carbocycles. The first-order valence-corrected chi connectivity index (χ1v) is 11.4. The Morgan fingerprint density at radius 3 is 1.84 bits per heavy atom. The zero-order chi connectivity index (χ0) is 23.1. The summed E-state index contributed by atoms with van der Waals surface area (Å²) in [5.74, 6) is 0.649. The van der Waals surface area contributed by atoms with Crippen LogP contribution in [-0.4, -0.2) is 19.6 Å². The number of para-hydroxylation sites is 2. The lowest BCUT2D eigenvalue weighted by Crippen LogP contribution is -2.38. The van der Waals surface area contributed by atoms with Crippen molar-refractivity contribution in [3.8, 4) is 0 Å². The van der Waals surface area contributed by atoms with E-state index in [1.165, 1.54) is 0 Å². The van der Waals surface area contributed by atoms with E-state index >= 15 is 0 Å². The fourth-order valence-corrected chi connectivity index (χ4v) is 4.04.